The molecule has 2 rings (SSSR count). The van der Waals surface area contributed by atoms with Gasteiger partial charge in [0.1, 0.15) is 6.33 Å². The summed E-state index contributed by atoms with van der Waals surface area (Å²) in [5.41, 5.74) is 0. The zero-order chi connectivity index (χ0) is 12.1. The van der Waals surface area contributed by atoms with Gasteiger partial charge in [-0.1, -0.05) is 0 Å². The molecular formula is C10H17N5O2. The van der Waals surface area contributed by atoms with Crippen molar-refractivity contribution in [1.82, 2.24) is 25.0 Å². The fourth-order valence-electron chi connectivity index (χ4n) is 1.76. The summed E-state index contributed by atoms with van der Waals surface area (Å²) in [5, 5.41) is 10.8. The maximum absolute atomic E-state index is 11.9. The molecule has 0 unspecified atom stereocenters. The number of rotatable bonds is 5. The van der Waals surface area contributed by atoms with Gasteiger partial charge < -0.3 is 19.5 Å². The molecule has 0 atom stereocenters. The van der Waals surface area contributed by atoms with E-state index in [1.807, 2.05) is 4.57 Å². The average molecular weight is 239 g/mol. The number of ether oxygens (including phenoxy) is 1. The molecule has 7 nitrogen and oxygen atoms in total. The molecule has 0 fully saturated rings. The predicted molar refractivity (Wildman–Crippen MR) is 60.2 cm³/mol. The van der Waals surface area contributed by atoms with Crippen LogP contribution in [0.5, 0.6) is 0 Å². The minimum atomic E-state index is 0.0929. The van der Waals surface area contributed by atoms with E-state index >= 15 is 0 Å². The highest BCUT2D eigenvalue weighted by atomic mass is 16.5. The molecule has 1 amide bonds. The van der Waals surface area contributed by atoms with Crippen molar-refractivity contribution in [3.05, 3.63) is 12.2 Å². The van der Waals surface area contributed by atoms with Gasteiger partial charge in [-0.2, -0.15) is 0 Å². The first-order chi connectivity index (χ1) is 8.31. The minimum Gasteiger partial charge on any atom is -0.383 e. The molecular weight excluding hydrogens is 222 g/mol. The Labute approximate surface area is 99.8 Å². The maximum atomic E-state index is 11.9. The van der Waals surface area contributed by atoms with Crippen LogP contribution in [0.15, 0.2) is 6.33 Å². The standard InChI is InChI=1S/C10H17N5O2/c1-17-5-2-11-6-10(16)14-3-4-15-8-12-13-9(15)7-14/h8,11H,2-7H2,1H3. The molecule has 2 heterocycles. The SMILES string of the molecule is COCCNCC(=O)N1CCn2cnnc2C1. The van der Waals surface area contributed by atoms with Crippen molar-refractivity contribution in [3.63, 3.8) is 0 Å². The Balaban J connectivity index is 1.78. The molecule has 0 spiro atoms. The molecule has 0 radical (unpaired) electrons. The summed E-state index contributed by atoms with van der Waals surface area (Å²) >= 11 is 0. The Morgan fingerprint density at radius 2 is 2.47 bits per heavy atom. The summed E-state index contributed by atoms with van der Waals surface area (Å²) in [6, 6.07) is 0. The molecule has 1 aromatic heterocycles. The smallest absolute Gasteiger partial charge is 0.236 e. The second kappa shape index (κ2) is 5.74. The number of hydrogen-bond acceptors (Lipinski definition) is 5. The Morgan fingerprint density at radius 1 is 1.59 bits per heavy atom. The largest absolute Gasteiger partial charge is 0.383 e. The first-order valence-electron chi connectivity index (χ1n) is 5.65. The van der Waals surface area contributed by atoms with E-state index in [-0.39, 0.29) is 5.91 Å². The number of methoxy groups -OCH3 is 1. The van der Waals surface area contributed by atoms with Gasteiger partial charge in [0, 0.05) is 26.7 Å². The maximum Gasteiger partial charge on any atom is 0.236 e. The van der Waals surface area contributed by atoms with Crippen LogP contribution in [0.2, 0.25) is 0 Å². The van der Waals surface area contributed by atoms with Gasteiger partial charge in [-0.25, -0.2) is 0 Å². The van der Waals surface area contributed by atoms with Crippen molar-refractivity contribution in [3.8, 4) is 0 Å². The van der Waals surface area contributed by atoms with Crippen molar-refractivity contribution < 1.29 is 9.53 Å². The lowest BCUT2D eigenvalue weighted by atomic mass is 10.3. The summed E-state index contributed by atoms with van der Waals surface area (Å²) in [5.74, 6) is 0.942. The molecule has 0 saturated carbocycles. The summed E-state index contributed by atoms with van der Waals surface area (Å²) in [4.78, 5) is 13.7. The number of fused-ring (bicyclic) bond motifs is 1. The number of aromatic nitrogens is 3. The number of carbonyl (C=O) groups excluding carboxylic acids is 1. The van der Waals surface area contributed by atoms with Crippen LogP contribution in [0.3, 0.4) is 0 Å². The molecule has 94 valence electrons. The zero-order valence-corrected chi connectivity index (χ0v) is 9.93. The molecule has 1 aromatic rings. The molecule has 0 saturated heterocycles. The Morgan fingerprint density at radius 3 is 3.29 bits per heavy atom. The predicted octanol–water partition coefficient (Wildman–Crippen LogP) is -1.14. The van der Waals surface area contributed by atoms with Gasteiger partial charge in [0.2, 0.25) is 5.91 Å². The number of amides is 1. The van der Waals surface area contributed by atoms with Crippen LogP contribution in [0.25, 0.3) is 0 Å². The quantitative estimate of drug-likeness (QED) is 0.657. The monoisotopic (exact) mass is 239 g/mol. The fourth-order valence-corrected chi connectivity index (χ4v) is 1.76. The second-order valence-electron chi connectivity index (χ2n) is 3.93. The molecule has 1 aliphatic rings. The van der Waals surface area contributed by atoms with Crippen molar-refractivity contribution >= 4 is 5.91 Å². The lowest BCUT2D eigenvalue weighted by molar-refractivity contribution is -0.131. The third-order valence-electron chi connectivity index (χ3n) is 2.75. The van der Waals surface area contributed by atoms with Crippen molar-refractivity contribution in [2.24, 2.45) is 0 Å². The van der Waals surface area contributed by atoms with Gasteiger partial charge in [0.05, 0.1) is 19.7 Å². The third kappa shape index (κ3) is 3.01. The molecule has 1 aliphatic heterocycles. The summed E-state index contributed by atoms with van der Waals surface area (Å²) < 4.78 is 6.87. The Kier molecular flexibility index (Phi) is 4.05. The average Bonchev–Trinajstić information content (AvgIpc) is 2.81. The van der Waals surface area contributed by atoms with Crippen LogP contribution in [0.4, 0.5) is 0 Å². The topological polar surface area (TPSA) is 72.3 Å². The molecule has 17 heavy (non-hydrogen) atoms. The van der Waals surface area contributed by atoms with Crippen LogP contribution in [-0.4, -0.2) is 58.9 Å². The summed E-state index contributed by atoms with van der Waals surface area (Å²) in [7, 11) is 1.64. The van der Waals surface area contributed by atoms with E-state index in [1.54, 1.807) is 18.3 Å². The summed E-state index contributed by atoms with van der Waals surface area (Å²) in [6.07, 6.45) is 1.70. The van der Waals surface area contributed by atoms with E-state index < -0.39 is 0 Å². The van der Waals surface area contributed by atoms with Gasteiger partial charge in [0.15, 0.2) is 5.82 Å². The van der Waals surface area contributed by atoms with E-state index in [0.29, 0.717) is 26.2 Å². The summed E-state index contributed by atoms with van der Waals surface area (Å²) in [6.45, 7) is 3.68. The number of carbonyl (C=O) groups is 1. The van der Waals surface area contributed by atoms with Crippen LogP contribution in [0.1, 0.15) is 5.82 Å². The van der Waals surface area contributed by atoms with E-state index in [1.165, 1.54) is 0 Å². The molecule has 0 aromatic carbocycles. The van der Waals surface area contributed by atoms with E-state index in [4.69, 9.17) is 4.74 Å². The first-order valence-corrected chi connectivity index (χ1v) is 5.65. The Bertz CT molecular complexity index is 379. The highest BCUT2D eigenvalue weighted by Crippen LogP contribution is 2.08. The van der Waals surface area contributed by atoms with Gasteiger partial charge in [-0.05, 0) is 0 Å². The van der Waals surface area contributed by atoms with Crippen molar-refractivity contribution in [2.75, 3.05) is 33.4 Å². The lowest BCUT2D eigenvalue weighted by Gasteiger charge is -2.27. The lowest BCUT2D eigenvalue weighted by Crippen LogP contribution is -2.43. The van der Waals surface area contributed by atoms with E-state index in [2.05, 4.69) is 15.5 Å². The molecule has 0 aliphatic carbocycles. The molecule has 7 heteroatoms. The van der Waals surface area contributed by atoms with Crippen LogP contribution < -0.4 is 5.32 Å². The molecule has 1 N–H and O–H groups in total. The van der Waals surface area contributed by atoms with Crippen LogP contribution in [-0.2, 0) is 22.6 Å². The first kappa shape index (κ1) is 12.0. The van der Waals surface area contributed by atoms with Crippen molar-refractivity contribution in [1.29, 1.82) is 0 Å². The van der Waals surface area contributed by atoms with Gasteiger partial charge in [-0.3, -0.25) is 4.79 Å². The zero-order valence-electron chi connectivity index (χ0n) is 9.93. The molecule has 0 bridgehead atoms. The van der Waals surface area contributed by atoms with Gasteiger partial charge in [-0.15, -0.1) is 10.2 Å². The number of hydrogen-bond donors (Lipinski definition) is 1. The second-order valence-corrected chi connectivity index (χ2v) is 3.93. The number of nitrogens with one attached hydrogen (secondary N) is 1. The van der Waals surface area contributed by atoms with Crippen LogP contribution in [0, 0.1) is 0 Å². The fraction of sp³-hybridized carbons (Fsp3) is 0.700. The van der Waals surface area contributed by atoms with E-state index in [0.717, 1.165) is 18.9 Å². The number of nitrogens with zero attached hydrogens (tertiary/aromatic N) is 4. The third-order valence-corrected chi connectivity index (χ3v) is 2.75. The Hall–Kier alpha value is -1.47. The highest BCUT2D eigenvalue weighted by Gasteiger charge is 2.21. The van der Waals surface area contributed by atoms with Gasteiger partial charge in [0.25, 0.3) is 0 Å². The minimum absolute atomic E-state index is 0.0929. The normalized spacial score (nSPS) is 14.8. The van der Waals surface area contributed by atoms with Crippen LogP contribution >= 0.6 is 0 Å². The van der Waals surface area contributed by atoms with Gasteiger partial charge >= 0.3 is 0 Å². The van der Waals surface area contributed by atoms with Crippen molar-refractivity contribution in [2.45, 2.75) is 13.1 Å². The van der Waals surface area contributed by atoms with E-state index in [9.17, 15) is 4.79 Å². The highest BCUT2D eigenvalue weighted by molar-refractivity contribution is 5.78.